The lowest BCUT2D eigenvalue weighted by atomic mass is 10.0. The third-order valence-electron chi connectivity index (χ3n) is 4.14. The van der Waals surface area contributed by atoms with Gasteiger partial charge in [-0.3, -0.25) is 14.8 Å². The molecule has 0 aliphatic rings. The highest BCUT2D eigenvalue weighted by Gasteiger charge is 2.17. The molecule has 0 spiro atoms. The summed E-state index contributed by atoms with van der Waals surface area (Å²) in [5.74, 6) is 1.00. The Balaban J connectivity index is 1.91. The van der Waals surface area contributed by atoms with Crippen LogP contribution in [-0.4, -0.2) is 33.0 Å². The molecular formula is C20H17N5O2. The average Bonchev–Trinajstić information content (AvgIpc) is 3.07. The number of pyridine rings is 3. The second-order valence-corrected chi connectivity index (χ2v) is 5.97. The molecule has 4 aromatic rings. The number of hydrogen-bond donors (Lipinski definition) is 2. The van der Waals surface area contributed by atoms with Crippen LogP contribution in [0.2, 0.25) is 0 Å². The molecule has 0 aliphatic heterocycles. The average molecular weight is 359 g/mol. The maximum absolute atomic E-state index is 11.4. The third-order valence-corrected chi connectivity index (χ3v) is 4.14. The summed E-state index contributed by atoms with van der Waals surface area (Å²) >= 11 is 0. The van der Waals surface area contributed by atoms with Crippen LogP contribution in [0.4, 0.5) is 5.82 Å². The SMILES string of the molecule is COc1ccc(-c2c(-c3ccnc(NC(C)=O)c3)[nH]c3cccnc23)nc1. The molecule has 0 aromatic carbocycles. The number of fused-ring (bicyclic) bond motifs is 1. The highest BCUT2D eigenvalue weighted by atomic mass is 16.5. The van der Waals surface area contributed by atoms with Crippen molar-refractivity contribution < 1.29 is 9.53 Å². The van der Waals surface area contributed by atoms with Gasteiger partial charge in [-0.15, -0.1) is 0 Å². The molecule has 4 rings (SSSR count). The molecule has 0 saturated heterocycles. The van der Waals surface area contributed by atoms with E-state index in [1.54, 1.807) is 25.7 Å². The van der Waals surface area contributed by atoms with Gasteiger partial charge in [0.25, 0.3) is 0 Å². The first kappa shape index (κ1) is 16.7. The van der Waals surface area contributed by atoms with Crippen LogP contribution < -0.4 is 10.1 Å². The van der Waals surface area contributed by atoms with Crippen LogP contribution in [0.3, 0.4) is 0 Å². The van der Waals surface area contributed by atoms with Crippen LogP contribution >= 0.6 is 0 Å². The van der Waals surface area contributed by atoms with E-state index in [0.717, 1.165) is 33.5 Å². The number of anilines is 1. The highest BCUT2D eigenvalue weighted by molar-refractivity contribution is 6.01. The number of amides is 1. The van der Waals surface area contributed by atoms with Gasteiger partial charge in [0, 0.05) is 24.9 Å². The first-order valence-electron chi connectivity index (χ1n) is 8.37. The Bertz CT molecular complexity index is 1120. The largest absolute Gasteiger partial charge is 0.495 e. The molecule has 4 heterocycles. The number of carbonyl (C=O) groups is 1. The fourth-order valence-corrected chi connectivity index (χ4v) is 2.97. The van der Waals surface area contributed by atoms with Crippen molar-refractivity contribution in [2.24, 2.45) is 0 Å². The summed E-state index contributed by atoms with van der Waals surface area (Å²) < 4.78 is 5.21. The smallest absolute Gasteiger partial charge is 0.222 e. The van der Waals surface area contributed by atoms with Crippen LogP contribution in [0.15, 0.2) is 55.0 Å². The van der Waals surface area contributed by atoms with E-state index in [4.69, 9.17) is 4.74 Å². The number of methoxy groups -OCH3 is 1. The number of nitrogens with zero attached hydrogens (tertiary/aromatic N) is 3. The number of H-pyrrole nitrogens is 1. The Kier molecular flexibility index (Phi) is 4.25. The Morgan fingerprint density at radius 3 is 2.74 bits per heavy atom. The summed E-state index contributed by atoms with van der Waals surface area (Å²) in [4.78, 5) is 28.0. The quantitative estimate of drug-likeness (QED) is 0.580. The van der Waals surface area contributed by atoms with Gasteiger partial charge in [-0.2, -0.15) is 0 Å². The van der Waals surface area contributed by atoms with Gasteiger partial charge >= 0.3 is 0 Å². The lowest BCUT2D eigenvalue weighted by molar-refractivity contribution is -0.114. The zero-order valence-electron chi connectivity index (χ0n) is 14.9. The number of carbonyl (C=O) groups excluding carboxylic acids is 1. The van der Waals surface area contributed by atoms with Crippen molar-refractivity contribution in [2.75, 3.05) is 12.4 Å². The van der Waals surface area contributed by atoms with Crippen LogP contribution in [0.5, 0.6) is 5.75 Å². The first-order chi connectivity index (χ1) is 13.2. The van der Waals surface area contributed by atoms with E-state index in [1.165, 1.54) is 6.92 Å². The molecular weight excluding hydrogens is 342 g/mol. The maximum Gasteiger partial charge on any atom is 0.222 e. The second kappa shape index (κ2) is 6.87. The summed E-state index contributed by atoms with van der Waals surface area (Å²) in [5, 5.41) is 2.71. The molecule has 0 fully saturated rings. The van der Waals surface area contributed by atoms with E-state index in [2.05, 4.69) is 25.3 Å². The number of nitrogens with one attached hydrogen (secondary N) is 2. The van der Waals surface area contributed by atoms with Crippen molar-refractivity contribution in [1.29, 1.82) is 0 Å². The van der Waals surface area contributed by atoms with Crippen molar-refractivity contribution in [3.63, 3.8) is 0 Å². The minimum atomic E-state index is -0.171. The lowest BCUT2D eigenvalue weighted by Gasteiger charge is -2.07. The molecule has 0 saturated carbocycles. The molecule has 0 bridgehead atoms. The van der Waals surface area contributed by atoms with Crippen LogP contribution in [0, 0.1) is 0 Å². The standard InChI is InChI=1S/C20H17N5O2/c1-12(26)24-17-10-13(7-9-21-17)19-18(15-6-5-14(27-2)11-23-15)20-16(25-19)4-3-8-22-20/h3-11,25H,1-2H3,(H,21,24,26). The van der Waals surface area contributed by atoms with Crippen molar-refractivity contribution in [3.8, 4) is 28.3 Å². The number of ether oxygens (including phenoxy) is 1. The monoisotopic (exact) mass is 359 g/mol. The highest BCUT2D eigenvalue weighted by Crippen LogP contribution is 2.37. The predicted octanol–water partition coefficient (Wildman–Crippen LogP) is 3.65. The molecule has 0 atom stereocenters. The summed E-state index contributed by atoms with van der Waals surface area (Å²) in [7, 11) is 1.61. The van der Waals surface area contributed by atoms with Crippen molar-refractivity contribution >= 4 is 22.8 Å². The Hall–Kier alpha value is -3.74. The summed E-state index contributed by atoms with van der Waals surface area (Å²) in [5.41, 5.74) is 5.11. The number of rotatable bonds is 4. The molecule has 1 amide bonds. The zero-order valence-corrected chi connectivity index (χ0v) is 14.9. The van der Waals surface area contributed by atoms with E-state index in [-0.39, 0.29) is 5.91 Å². The van der Waals surface area contributed by atoms with Crippen molar-refractivity contribution in [1.82, 2.24) is 19.9 Å². The fraction of sp³-hybridized carbons (Fsp3) is 0.100. The fourth-order valence-electron chi connectivity index (χ4n) is 2.97. The Labute approximate surface area is 155 Å². The van der Waals surface area contributed by atoms with Gasteiger partial charge in [0.05, 0.1) is 41.3 Å². The van der Waals surface area contributed by atoms with Gasteiger partial charge in [0.1, 0.15) is 11.6 Å². The second-order valence-electron chi connectivity index (χ2n) is 5.97. The molecule has 134 valence electrons. The van der Waals surface area contributed by atoms with E-state index < -0.39 is 0 Å². The molecule has 0 radical (unpaired) electrons. The van der Waals surface area contributed by atoms with Crippen molar-refractivity contribution in [2.45, 2.75) is 6.92 Å². The van der Waals surface area contributed by atoms with Crippen LogP contribution in [0.1, 0.15) is 6.92 Å². The van der Waals surface area contributed by atoms with Gasteiger partial charge in [-0.1, -0.05) is 0 Å². The molecule has 7 heteroatoms. The minimum Gasteiger partial charge on any atom is -0.495 e. The van der Waals surface area contributed by atoms with E-state index in [1.807, 2.05) is 36.4 Å². The van der Waals surface area contributed by atoms with E-state index >= 15 is 0 Å². The van der Waals surface area contributed by atoms with Gasteiger partial charge in [-0.05, 0) is 36.4 Å². The number of hydrogen-bond acceptors (Lipinski definition) is 5. The molecule has 4 aromatic heterocycles. The van der Waals surface area contributed by atoms with Crippen molar-refractivity contribution in [3.05, 3.63) is 55.0 Å². The zero-order chi connectivity index (χ0) is 18.8. The first-order valence-corrected chi connectivity index (χ1v) is 8.37. The predicted molar refractivity (Wildman–Crippen MR) is 103 cm³/mol. The molecule has 7 nitrogen and oxygen atoms in total. The topological polar surface area (TPSA) is 92.8 Å². The summed E-state index contributed by atoms with van der Waals surface area (Å²) in [6.45, 7) is 1.45. The van der Waals surface area contributed by atoms with Gasteiger partial charge < -0.3 is 15.0 Å². The van der Waals surface area contributed by atoms with E-state index in [9.17, 15) is 4.79 Å². The maximum atomic E-state index is 11.4. The minimum absolute atomic E-state index is 0.171. The molecule has 27 heavy (non-hydrogen) atoms. The molecule has 2 N–H and O–H groups in total. The van der Waals surface area contributed by atoms with E-state index in [0.29, 0.717) is 11.6 Å². The normalized spacial score (nSPS) is 10.7. The van der Waals surface area contributed by atoms with Gasteiger partial charge in [0.15, 0.2) is 0 Å². The number of aromatic nitrogens is 4. The Morgan fingerprint density at radius 1 is 1.11 bits per heavy atom. The Morgan fingerprint density at radius 2 is 2.00 bits per heavy atom. The lowest BCUT2D eigenvalue weighted by Crippen LogP contribution is -2.07. The van der Waals surface area contributed by atoms with Gasteiger partial charge in [-0.25, -0.2) is 4.98 Å². The van der Waals surface area contributed by atoms with Crippen LogP contribution in [-0.2, 0) is 4.79 Å². The summed E-state index contributed by atoms with van der Waals surface area (Å²) in [6.07, 6.45) is 5.09. The van der Waals surface area contributed by atoms with Gasteiger partial charge in [0.2, 0.25) is 5.91 Å². The number of aromatic amines is 1. The summed E-state index contributed by atoms with van der Waals surface area (Å²) in [6, 6.07) is 11.3. The van der Waals surface area contributed by atoms with Crippen LogP contribution in [0.25, 0.3) is 33.5 Å². The molecule has 0 aliphatic carbocycles. The third kappa shape index (κ3) is 3.22. The molecule has 0 unspecified atom stereocenters.